The maximum Gasteiger partial charge on any atom is 0.270 e. The molecule has 0 aliphatic carbocycles. The summed E-state index contributed by atoms with van der Waals surface area (Å²) in [6, 6.07) is 1.34. The van der Waals surface area contributed by atoms with Gasteiger partial charge in [-0.1, -0.05) is 11.3 Å². The van der Waals surface area contributed by atoms with Crippen LogP contribution in [0.25, 0.3) is 0 Å². The van der Waals surface area contributed by atoms with Crippen LogP contribution in [0.4, 0.5) is 5.13 Å². The van der Waals surface area contributed by atoms with E-state index in [1.807, 2.05) is 6.07 Å². The first kappa shape index (κ1) is 14.5. The van der Waals surface area contributed by atoms with Crippen LogP contribution in [0, 0.1) is 11.3 Å². The van der Waals surface area contributed by atoms with E-state index in [1.165, 1.54) is 6.92 Å². The molecule has 10 heteroatoms. The van der Waals surface area contributed by atoms with Crippen LogP contribution in [0.15, 0.2) is 4.34 Å². The highest BCUT2D eigenvalue weighted by Gasteiger charge is 2.22. The van der Waals surface area contributed by atoms with Crippen LogP contribution in [0.5, 0.6) is 0 Å². The summed E-state index contributed by atoms with van der Waals surface area (Å²) in [6.45, 7) is 2.85. The largest absolute Gasteiger partial charge is 0.301 e. The van der Waals surface area contributed by atoms with Crippen LogP contribution >= 0.6 is 11.3 Å². The predicted molar refractivity (Wildman–Crippen MR) is 64.2 cm³/mol. The van der Waals surface area contributed by atoms with Gasteiger partial charge in [0, 0.05) is 13.0 Å². The number of amides is 1. The van der Waals surface area contributed by atoms with E-state index < -0.39 is 16.1 Å². The van der Waals surface area contributed by atoms with Gasteiger partial charge in [-0.25, -0.2) is 13.1 Å². The van der Waals surface area contributed by atoms with E-state index in [2.05, 4.69) is 20.2 Å². The Morgan fingerprint density at radius 1 is 1.56 bits per heavy atom. The number of anilines is 1. The molecule has 0 radical (unpaired) electrons. The number of aromatic nitrogens is 2. The smallest absolute Gasteiger partial charge is 0.270 e. The molecular weight excluding hydrogens is 278 g/mol. The highest BCUT2D eigenvalue weighted by Crippen LogP contribution is 2.19. The molecule has 1 aromatic heterocycles. The standard InChI is InChI=1S/C8H11N5O3S2/c1-5(3-4-9)13-18(15,16)8-12-11-7(17-8)10-6(2)14/h5,13H,3H2,1-2H3,(H,10,11,14). The molecule has 0 saturated carbocycles. The van der Waals surface area contributed by atoms with Gasteiger partial charge in [0.1, 0.15) is 0 Å². The molecule has 1 unspecified atom stereocenters. The Bertz CT molecular complexity index is 574. The fourth-order valence-corrected chi connectivity index (χ4v) is 3.22. The van der Waals surface area contributed by atoms with E-state index in [4.69, 9.17) is 5.26 Å². The Morgan fingerprint density at radius 3 is 2.78 bits per heavy atom. The van der Waals surface area contributed by atoms with Gasteiger partial charge in [-0.05, 0) is 6.92 Å². The molecule has 1 aromatic rings. The molecule has 0 bridgehead atoms. The summed E-state index contributed by atoms with van der Waals surface area (Å²) in [4.78, 5) is 10.8. The van der Waals surface area contributed by atoms with Gasteiger partial charge >= 0.3 is 0 Å². The third-order valence-corrected chi connectivity index (χ3v) is 4.47. The quantitative estimate of drug-likeness (QED) is 0.739. The van der Waals surface area contributed by atoms with Gasteiger partial charge in [0.25, 0.3) is 10.0 Å². The van der Waals surface area contributed by atoms with Crippen LogP contribution in [-0.2, 0) is 14.8 Å². The molecule has 0 spiro atoms. The number of nitrogens with one attached hydrogen (secondary N) is 2. The first-order chi connectivity index (χ1) is 8.35. The van der Waals surface area contributed by atoms with E-state index in [0.29, 0.717) is 0 Å². The molecule has 1 heterocycles. The van der Waals surface area contributed by atoms with Gasteiger partial charge in [-0.15, -0.1) is 10.2 Å². The maximum atomic E-state index is 11.8. The molecular formula is C8H11N5O3S2. The summed E-state index contributed by atoms with van der Waals surface area (Å²) < 4.78 is 25.6. The van der Waals surface area contributed by atoms with E-state index in [0.717, 1.165) is 11.3 Å². The second-order valence-electron chi connectivity index (χ2n) is 3.44. The van der Waals surface area contributed by atoms with E-state index in [1.54, 1.807) is 6.92 Å². The Hall–Kier alpha value is -1.57. The van der Waals surface area contributed by atoms with Crippen LogP contribution in [-0.4, -0.2) is 30.6 Å². The number of nitriles is 1. The molecule has 8 nitrogen and oxygen atoms in total. The third-order valence-electron chi connectivity index (χ3n) is 1.67. The average molecular weight is 289 g/mol. The van der Waals surface area contributed by atoms with Gasteiger partial charge in [-0.3, -0.25) is 4.79 Å². The van der Waals surface area contributed by atoms with Crippen LogP contribution < -0.4 is 10.0 Å². The van der Waals surface area contributed by atoms with Crippen molar-refractivity contribution in [3.63, 3.8) is 0 Å². The molecule has 1 rings (SSSR count). The molecule has 0 aromatic carbocycles. The number of carbonyl (C=O) groups excluding carboxylic acids is 1. The second kappa shape index (κ2) is 5.85. The van der Waals surface area contributed by atoms with Gasteiger partial charge < -0.3 is 5.32 Å². The minimum absolute atomic E-state index is 0.0522. The lowest BCUT2D eigenvalue weighted by molar-refractivity contribution is -0.114. The van der Waals surface area contributed by atoms with Crippen molar-refractivity contribution in [2.75, 3.05) is 5.32 Å². The molecule has 0 aliphatic rings. The van der Waals surface area contributed by atoms with E-state index >= 15 is 0 Å². The molecule has 0 aliphatic heterocycles. The topological polar surface area (TPSA) is 125 Å². The van der Waals surface area contributed by atoms with Gasteiger partial charge in [-0.2, -0.15) is 5.26 Å². The van der Waals surface area contributed by atoms with Crippen molar-refractivity contribution in [1.29, 1.82) is 5.26 Å². The number of nitrogens with zero attached hydrogens (tertiary/aromatic N) is 3. The fourth-order valence-electron chi connectivity index (χ4n) is 1.01. The number of hydrogen-bond acceptors (Lipinski definition) is 7. The molecule has 0 fully saturated rings. The average Bonchev–Trinajstić information content (AvgIpc) is 2.65. The van der Waals surface area contributed by atoms with E-state index in [9.17, 15) is 13.2 Å². The van der Waals surface area contributed by atoms with Crippen molar-refractivity contribution in [2.45, 2.75) is 30.6 Å². The zero-order chi connectivity index (χ0) is 13.8. The summed E-state index contributed by atoms with van der Waals surface area (Å²) in [5, 5.41) is 17.9. The van der Waals surface area contributed by atoms with Crippen LogP contribution in [0.2, 0.25) is 0 Å². The first-order valence-corrected chi connectivity index (χ1v) is 7.15. The van der Waals surface area contributed by atoms with Crippen molar-refractivity contribution < 1.29 is 13.2 Å². The Balaban J connectivity index is 2.83. The highest BCUT2D eigenvalue weighted by molar-refractivity contribution is 7.91. The molecule has 0 saturated heterocycles. The summed E-state index contributed by atoms with van der Waals surface area (Å²) in [6.07, 6.45) is 0.0522. The SMILES string of the molecule is CC(=O)Nc1nnc(S(=O)(=O)NC(C)CC#N)s1. The molecule has 2 N–H and O–H groups in total. The molecule has 98 valence electrons. The highest BCUT2D eigenvalue weighted by atomic mass is 32.2. The number of rotatable bonds is 5. The number of carbonyl (C=O) groups is 1. The summed E-state index contributed by atoms with van der Waals surface area (Å²) >= 11 is 0.741. The normalized spacial score (nSPS) is 12.7. The number of hydrogen-bond donors (Lipinski definition) is 2. The van der Waals surface area contributed by atoms with Crippen molar-refractivity contribution in [1.82, 2.24) is 14.9 Å². The van der Waals surface area contributed by atoms with Gasteiger partial charge in [0.15, 0.2) is 0 Å². The Labute approximate surface area is 108 Å². The third kappa shape index (κ3) is 4.02. The lowest BCUT2D eigenvalue weighted by Gasteiger charge is -2.07. The van der Waals surface area contributed by atoms with Crippen molar-refractivity contribution in [2.24, 2.45) is 0 Å². The monoisotopic (exact) mass is 289 g/mol. The van der Waals surface area contributed by atoms with Crippen LogP contribution in [0.3, 0.4) is 0 Å². The van der Waals surface area contributed by atoms with Gasteiger partial charge in [0.2, 0.25) is 15.4 Å². The van der Waals surface area contributed by atoms with Crippen molar-refractivity contribution >= 4 is 32.4 Å². The Kier molecular flexibility index (Phi) is 4.71. The second-order valence-corrected chi connectivity index (χ2v) is 6.30. The summed E-state index contributed by atoms with van der Waals surface area (Å²) in [5.41, 5.74) is 0. The molecule has 1 atom stereocenters. The zero-order valence-corrected chi connectivity index (χ0v) is 11.3. The molecule has 1 amide bonds. The van der Waals surface area contributed by atoms with Crippen molar-refractivity contribution in [3.05, 3.63) is 0 Å². The Morgan fingerprint density at radius 2 is 2.22 bits per heavy atom. The summed E-state index contributed by atoms with van der Waals surface area (Å²) in [5.74, 6) is -0.360. The predicted octanol–water partition coefficient (Wildman–Crippen LogP) is 0.0770. The fraction of sp³-hybridized carbons (Fsp3) is 0.500. The lowest BCUT2D eigenvalue weighted by Crippen LogP contribution is -2.32. The lowest BCUT2D eigenvalue weighted by atomic mass is 10.3. The number of sulfonamides is 1. The van der Waals surface area contributed by atoms with Crippen LogP contribution in [0.1, 0.15) is 20.3 Å². The molecule has 18 heavy (non-hydrogen) atoms. The maximum absolute atomic E-state index is 11.8. The minimum Gasteiger partial charge on any atom is -0.301 e. The first-order valence-electron chi connectivity index (χ1n) is 4.85. The van der Waals surface area contributed by atoms with Gasteiger partial charge in [0.05, 0.1) is 12.5 Å². The van der Waals surface area contributed by atoms with E-state index in [-0.39, 0.29) is 21.8 Å². The van der Waals surface area contributed by atoms with Crippen molar-refractivity contribution in [3.8, 4) is 6.07 Å². The summed E-state index contributed by atoms with van der Waals surface area (Å²) in [7, 11) is -3.80. The minimum atomic E-state index is -3.80. The zero-order valence-electron chi connectivity index (χ0n) is 9.67.